The van der Waals surface area contributed by atoms with Gasteiger partial charge in [0.05, 0.1) is 21.9 Å². The lowest BCUT2D eigenvalue weighted by atomic mass is 10.0. The lowest BCUT2D eigenvalue weighted by molar-refractivity contribution is 0.0919. The van der Waals surface area contributed by atoms with Crippen molar-refractivity contribution in [2.75, 3.05) is 11.5 Å². The van der Waals surface area contributed by atoms with E-state index in [1.807, 2.05) is 13.0 Å². The summed E-state index contributed by atoms with van der Waals surface area (Å²) in [6.07, 6.45) is 1.40. The number of carbonyl (C=O) groups excluding carboxylic acids is 1. The SMILES string of the molecule is CCc1sc(C(=O)NC2(C)CCS(=O)(=O)C2)cc1C. The zero-order valence-corrected chi connectivity index (χ0v) is 13.1. The molecule has 1 aromatic rings. The van der Waals surface area contributed by atoms with E-state index in [1.165, 1.54) is 16.2 Å². The lowest BCUT2D eigenvalue weighted by Crippen LogP contribution is -2.46. The average Bonchev–Trinajstić information content (AvgIpc) is 2.79. The van der Waals surface area contributed by atoms with E-state index in [2.05, 4.69) is 12.2 Å². The molecular weight excluding hydrogens is 282 g/mol. The minimum absolute atomic E-state index is 0.0384. The van der Waals surface area contributed by atoms with Crippen LogP contribution in [0, 0.1) is 6.92 Å². The van der Waals surface area contributed by atoms with Crippen LogP contribution >= 0.6 is 11.3 Å². The number of hydrogen-bond acceptors (Lipinski definition) is 4. The molecule has 106 valence electrons. The van der Waals surface area contributed by atoms with Gasteiger partial charge in [0.15, 0.2) is 9.84 Å². The van der Waals surface area contributed by atoms with Crippen molar-refractivity contribution in [2.45, 2.75) is 39.2 Å². The third-order valence-electron chi connectivity index (χ3n) is 3.48. The Morgan fingerprint density at radius 2 is 2.21 bits per heavy atom. The van der Waals surface area contributed by atoms with Crippen molar-refractivity contribution in [3.8, 4) is 0 Å². The maximum absolute atomic E-state index is 12.2. The molecule has 1 fully saturated rings. The predicted molar refractivity (Wildman–Crippen MR) is 77.6 cm³/mol. The average molecular weight is 301 g/mol. The molecule has 2 heterocycles. The van der Waals surface area contributed by atoms with Gasteiger partial charge in [-0.25, -0.2) is 8.42 Å². The first kappa shape index (κ1) is 14.5. The second kappa shape index (κ2) is 4.90. The quantitative estimate of drug-likeness (QED) is 0.928. The van der Waals surface area contributed by atoms with Gasteiger partial charge < -0.3 is 5.32 Å². The van der Waals surface area contributed by atoms with E-state index in [9.17, 15) is 13.2 Å². The summed E-state index contributed by atoms with van der Waals surface area (Å²) in [7, 11) is -3.00. The molecule has 0 saturated carbocycles. The Hall–Kier alpha value is -0.880. The Labute approximate surface area is 118 Å². The summed E-state index contributed by atoms with van der Waals surface area (Å²) in [5.41, 5.74) is 0.502. The first-order valence-electron chi connectivity index (χ1n) is 6.37. The minimum atomic E-state index is -3.00. The first-order valence-corrected chi connectivity index (χ1v) is 9.01. The number of hydrogen-bond donors (Lipinski definition) is 1. The van der Waals surface area contributed by atoms with Crippen LogP contribution in [0.2, 0.25) is 0 Å². The Bertz CT molecular complexity index is 603. The van der Waals surface area contributed by atoms with Crippen molar-refractivity contribution in [1.82, 2.24) is 5.32 Å². The van der Waals surface area contributed by atoms with Gasteiger partial charge in [0.1, 0.15) is 0 Å². The molecule has 0 spiro atoms. The van der Waals surface area contributed by atoms with Gasteiger partial charge in [0.2, 0.25) is 0 Å². The van der Waals surface area contributed by atoms with Gasteiger partial charge in [-0.05, 0) is 38.3 Å². The zero-order valence-electron chi connectivity index (χ0n) is 11.4. The lowest BCUT2D eigenvalue weighted by Gasteiger charge is -2.23. The molecule has 2 rings (SSSR count). The molecule has 0 radical (unpaired) electrons. The molecule has 1 atom stereocenters. The molecule has 1 aliphatic rings. The fourth-order valence-electron chi connectivity index (χ4n) is 2.43. The zero-order chi connectivity index (χ0) is 14.3. The van der Waals surface area contributed by atoms with Crippen LogP contribution in [0.1, 0.15) is 40.4 Å². The smallest absolute Gasteiger partial charge is 0.261 e. The summed E-state index contributed by atoms with van der Waals surface area (Å²) >= 11 is 1.49. The van der Waals surface area contributed by atoms with Gasteiger partial charge >= 0.3 is 0 Å². The van der Waals surface area contributed by atoms with Crippen LogP contribution in [0.3, 0.4) is 0 Å². The van der Waals surface area contributed by atoms with Crippen molar-refractivity contribution in [1.29, 1.82) is 0 Å². The van der Waals surface area contributed by atoms with Gasteiger partial charge in [0.25, 0.3) is 5.91 Å². The van der Waals surface area contributed by atoms with E-state index in [0.717, 1.165) is 12.0 Å². The number of amides is 1. The van der Waals surface area contributed by atoms with Gasteiger partial charge in [-0.1, -0.05) is 6.92 Å². The highest BCUT2D eigenvalue weighted by atomic mass is 32.2. The molecule has 1 unspecified atom stereocenters. The number of thiophene rings is 1. The van der Waals surface area contributed by atoms with E-state index >= 15 is 0 Å². The number of sulfone groups is 1. The standard InChI is InChI=1S/C13H19NO3S2/c1-4-10-9(2)7-11(18-10)12(15)14-13(3)5-6-19(16,17)8-13/h7H,4-6,8H2,1-3H3,(H,14,15). The van der Waals surface area contributed by atoms with E-state index in [-0.39, 0.29) is 17.4 Å². The monoisotopic (exact) mass is 301 g/mol. The van der Waals surface area contributed by atoms with Crippen LogP contribution in [0.25, 0.3) is 0 Å². The summed E-state index contributed by atoms with van der Waals surface area (Å²) in [5, 5.41) is 2.88. The highest BCUT2D eigenvalue weighted by Gasteiger charge is 2.39. The number of aryl methyl sites for hydroxylation is 2. The molecule has 19 heavy (non-hydrogen) atoms. The molecule has 1 amide bonds. The second-order valence-electron chi connectivity index (χ2n) is 5.43. The summed E-state index contributed by atoms with van der Waals surface area (Å²) in [6, 6.07) is 1.88. The molecule has 1 aliphatic heterocycles. The van der Waals surface area contributed by atoms with E-state index in [0.29, 0.717) is 11.3 Å². The Morgan fingerprint density at radius 3 is 2.68 bits per heavy atom. The third-order valence-corrected chi connectivity index (χ3v) is 6.77. The van der Waals surface area contributed by atoms with Crippen molar-refractivity contribution in [2.24, 2.45) is 0 Å². The predicted octanol–water partition coefficient (Wildman–Crippen LogP) is 1.93. The highest BCUT2D eigenvalue weighted by molar-refractivity contribution is 7.91. The highest BCUT2D eigenvalue weighted by Crippen LogP contribution is 2.26. The first-order chi connectivity index (χ1) is 8.75. The van der Waals surface area contributed by atoms with Crippen LogP contribution in [-0.4, -0.2) is 31.4 Å². The van der Waals surface area contributed by atoms with Crippen LogP contribution in [0.5, 0.6) is 0 Å². The van der Waals surface area contributed by atoms with Crippen molar-refractivity contribution >= 4 is 27.1 Å². The van der Waals surface area contributed by atoms with Gasteiger partial charge in [0, 0.05) is 4.88 Å². The van der Waals surface area contributed by atoms with Crippen molar-refractivity contribution in [3.63, 3.8) is 0 Å². The number of rotatable bonds is 3. The Morgan fingerprint density at radius 1 is 1.53 bits per heavy atom. The maximum Gasteiger partial charge on any atom is 0.261 e. The van der Waals surface area contributed by atoms with E-state index in [4.69, 9.17) is 0 Å². The molecule has 4 nitrogen and oxygen atoms in total. The second-order valence-corrected chi connectivity index (χ2v) is 8.75. The molecule has 0 bridgehead atoms. The molecular formula is C13H19NO3S2. The third kappa shape index (κ3) is 3.17. The van der Waals surface area contributed by atoms with Crippen LogP contribution in [0.15, 0.2) is 6.07 Å². The fraction of sp³-hybridized carbons (Fsp3) is 0.615. The number of nitrogens with one attached hydrogen (secondary N) is 1. The van der Waals surface area contributed by atoms with Gasteiger partial charge in [-0.3, -0.25) is 4.79 Å². The fourth-order valence-corrected chi connectivity index (χ4v) is 5.53. The van der Waals surface area contributed by atoms with Crippen molar-refractivity contribution < 1.29 is 13.2 Å². The van der Waals surface area contributed by atoms with Crippen molar-refractivity contribution in [3.05, 3.63) is 21.4 Å². The van der Waals surface area contributed by atoms with Crippen LogP contribution in [-0.2, 0) is 16.3 Å². The molecule has 6 heteroatoms. The summed E-state index contributed by atoms with van der Waals surface area (Å²) in [4.78, 5) is 14.1. The summed E-state index contributed by atoms with van der Waals surface area (Å²) in [6.45, 7) is 5.86. The van der Waals surface area contributed by atoms with E-state index < -0.39 is 15.4 Å². The number of carbonyl (C=O) groups is 1. The topological polar surface area (TPSA) is 63.2 Å². The Balaban J connectivity index is 2.13. The van der Waals surface area contributed by atoms with Crippen LogP contribution < -0.4 is 5.32 Å². The van der Waals surface area contributed by atoms with E-state index in [1.54, 1.807) is 6.92 Å². The normalized spacial score (nSPS) is 25.4. The summed E-state index contributed by atoms with van der Waals surface area (Å²) in [5.74, 6) is 0.0388. The maximum atomic E-state index is 12.2. The minimum Gasteiger partial charge on any atom is -0.345 e. The Kier molecular flexibility index (Phi) is 3.75. The van der Waals surface area contributed by atoms with Crippen LogP contribution in [0.4, 0.5) is 0 Å². The molecule has 1 N–H and O–H groups in total. The van der Waals surface area contributed by atoms with Gasteiger partial charge in [-0.15, -0.1) is 11.3 Å². The molecule has 0 aromatic carbocycles. The molecule has 0 aliphatic carbocycles. The molecule has 1 aromatic heterocycles. The molecule has 1 saturated heterocycles. The largest absolute Gasteiger partial charge is 0.345 e. The van der Waals surface area contributed by atoms with Gasteiger partial charge in [-0.2, -0.15) is 0 Å². The summed E-state index contributed by atoms with van der Waals surface area (Å²) < 4.78 is 23.0.